The van der Waals surface area contributed by atoms with Crippen molar-refractivity contribution in [2.75, 3.05) is 13.1 Å². The van der Waals surface area contributed by atoms with Crippen LogP contribution in [0, 0.1) is 18.3 Å². The van der Waals surface area contributed by atoms with Crippen molar-refractivity contribution in [3.8, 4) is 6.07 Å². The summed E-state index contributed by atoms with van der Waals surface area (Å²) in [6.07, 6.45) is 0. The monoisotopic (exact) mass is 338 g/mol. The van der Waals surface area contributed by atoms with Crippen LogP contribution in [0.1, 0.15) is 23.6 Å². The first kappa shape index (κ1) is 16.4. The highest BCUT2D eigenvalue weighted by atomic mass is 32.2. The second-order valence-electron chi connectivity index (χ2n) is 6.03. The Balaban J connectivity index is 1.87. The normalized spacial score (nSPS) is 15.5. The van der Waals surface area contributed by atoms with E-state index in [0.717, 1.165) is 22.3 Å². The minimum absolute atomic E-state index is 0.321. The molecule has 5 heteroatoms. The molecule has 0 amide bonds. The van der Waals surface area contributed by atoms with Crippen molar-refractivity contribution in [3.05, 3.63) is 70.8 Å². The van der Waals surface area contributed by atoms with Crippen LogP contribution in [0.5, 0.6) is 0 Å². The van der Waals surface area contributed by atoms with E-state index < -0.39 is 10.0 Å². The van der Waals surface area contributed by atoms with Gasteiger partial charge in [-0.1, -0.05) is 35.4 Å². The van der Waals surface area contributed by atoms with Crippen LogP contribution in [0.2, 0.25) is 0 Å². The van der Waals surface area contributed by atoms with E-state index in [4.69, 9.17) is 5.26 Å². The summed E-state index contributed by atoms with van der Waals surface area (Å²) in [4.78, 5) is 0.321. The van der Waals surface area contributed by atoms with Crippen LogP contribution >= 0.6 is 0 Å². The lowest BCUT2D eigenvalue weighted by Gasteiger charge is -2.17. The average Bonchev–Trinajstić information content (AvgIpc) is 2.98. The highest BCUT2D eigenvalue weighted by Gasteiger charge is 2.31. The maximum atomic E-state index is 12.8. The Morgan fingerprint density at radius 2 is 1.58 bits per heavy atom. The lowest BCUT2D eigenvalue weighted by atomic mass is 10.0. The van der Waals surface area contributed by atoms with Gasteiger partial charge in [0.2, 0.25) is 10.0 Å². The van der Waals surface area contributed by atoms with E-state index in [0.29, 0.717) is 23.5 Å². The summed E-state index contributed by atoms with van der Waals surface area (Å²) in [5, 5.41) is 8.89. The quantitative estimate of drug-likeness (QED) is 0.862. The molecule has 0 radical (unpaired) electrons. The highest BCUT2D eigenvalue weighted by molar-refractivity contribution is 7.89. The van der Waals surface area contributed by atoms with Crippen molar-refractivity contribution in [2.24, 2.45) is 0 Å². The minimum atomic E-state index is -3.50. The van der Waals surface area contributed by atoms with Crippen molar-refractivity contribution < 1.29 is 8.42 Å². The van der Waals surface area contributed by atoms with Crippen molar-refractivity contribution in [1.82, 2.24) is 4.31 Å². The molecule has 3 rings (SSSR count). The first-order valence-electron chi connectivity index (χ1n) is 7.68. The van der Waals surface area contributed by atoms with Gasteiger partial charge < -0.3 is 0 Å². The molecule has 1 heterocycles. The molecule has 0 fully saturated rings. The molecule has 0 unspecified atom stereocenters. The van der Waals surface area contributed by atoms with Crippen molar-refractivity contribution >= 4 is 15.6 Å². The Bertz CT molecular complexity index is 934. The Kier molecular flexibility index (Phi) is 4.27. The molecule has 0 N–H and O–H groups in total. The van der Waals surface area contributed by atoms with Gasteiger partial charge in [-0.15, -0.1) is 0 Å². The zero-order valence-corrected chi connectivity index (χ0v) is 14.5. The Morgan fingerprint density at radius 1 is 0.958 bits per heavy atom. The van der Waals surface area contributed by atoms with Crippen LogP contribution in [0.3, 0.4) is 0 Å². The number of hydrogen-bond acceptors (Lipinski definition) is 3. The Labute approximate surface area is 142 Å². The zero-order chi connectivity index (χ0) is 17.3. The summed E-state index contributed by atoms with van der Waals surface area (Å²) < 4.78 is 27.2. The van der Waals surface area contributed by atoms with E-state index in [1.165, 1.54) is 4.31 Å². The number of sulfonamides is 1. The van der Waals surface area contributed by atoms with Crippen molar-refractivity contribution in [1.29, 1.82) is 5.26 Å². The number of aryl methyl sites for hydroxylation is 1. The van der Waals surface area contributed by atoms with Gasteiger partial charge in [0, 0.05) is 13.1 Å². The number of hydrogen-bond donors (Lipinski definition) is 0. The van der Waals surface area contributed by atoms with Crippen molar-refractivity contribution in [2.45, 2.75) is 18.7 Å². The maximum absolute atomic E-state index is 12.8. The number of rotatable bonds is 3. The van der Waals surface area contributed by atoms with Gasteiger partial charge in [0.15, 0.2) is 0 Å². The standard InChI is InChI=1S/C19H18N2O2S/c1-14-3-9-18(10-4-14)24(22,23)21-12-15(2)19(13-21)17-7-5-16(11-20)6-8-17/h3-10H,12-13H2,1-2H3. The fraction of sp³-hybridized carbons (Fsp3) is 0.211. The zero-order valence-electron chi connectivity index (χ0n) is 13.7. The van der Waals surface area contributed by atoms with Crippen LogP contribution in [0.15, 0.2) is 59.0 Å². The van der Waals surface area contributed by atoms with E-state index in [1.54, 1.807) is 24.3 Å². The Morgan fingerprint density at radius 3 is 2.17 bits per heavy atom. The molecule has 2 aromatic carbocycles. The fourth-order valence-corrected chi connectivity index (χ4v) is 4.28. The third-order valence-corrected chi connectivity index (χ3v) is 6.09. The molecule has 122 valence electrons. The molecule has 2 aromatic rings. The molecule has 1 aliphatic heterocycles. The second-order valence-corrected chi connectivity index (χ2v) is 7.97. The van der Waals surface area contributed by atoms with Gasteiger partial charge in [0.1, 0.15) is 0 Å². The van der Waals surface area contributed by atoms with E-state index in [1.807, 2.05) is 38.1 Å². The van der Waals surface area contributed by atoms with Gasteiger partial charge in [0.25, 0.3) is 0 Å². The third-order valence-electron chi connectivity index (χ3n) is 4.28. The largest absolute Gasteiger partial charge is 0.243 e. The lowest BCUT2D eigenvalue weighted by Crippen LogP contribution is -2.29. The van der Waals surface area contributed by atoms with Crippen molar-refractivity contribution in [3.63, 3.8) is 0 Å². The SMILES string of the molecule is CC1=C(c2ccc(C#N)cc2)CN(S(=O)(=O)c2ccc(C)cc2)C1. The topological polar surface area (TPSA) is 61.2 Å². The first-order valence-corrected chi connectivity index (χ1v) is 9.12. The second kappa shape index (κ2) is 6.23. The Hall–Kier alpha value is -2.42. The van der Waals surface area contributed by atoms with Gasteiger partial charge in [-0.3, -0.25) is 0 Å². The van der Waals surface area contributed by atoms with Gasteiger partial charge in [-0.25, -0.2) is 8.42 Å². The third kappa shape index (κ3) is 2.99. The van der Waals surface area contributed by atoms with Gasteiger partial charge in [-0.2, -0.15) is 9.57 Å². The molecule has 24 heavy (non-hydrogen) atoms. The van der Waals surface area contributed by atoms with Crippen LogP contribution < -0.4 is 0 Å². The molecule has 0 saturated carbocycles. The summed E-state index contributed by atoms with van der Waals surface area (Å²) in [6.45, 7) is 4.64. The lowest BCUT2D eigenvalue weighted by molar-refractivity contribution is 0.486. The average molecular weight is 338 g/mol. The van der Waals surface area contributed by atoms with Crippen LogP contribution in [-0.2, 0) is 10.0 Å². The number of nitriles is 1. The highest BCUT2D eigenvalue weighted by Crippen LogP contribution is 2.30. The van der Waals surface area contributed by atoms with E-state index in [9.17, 15) is 8.42 Å². The maximum Gasteiger partial charge on any atom is 0.243 e. The minimum Gasteiger partial charge on any atom is -0.207 e. The summed E-state index contributed by atoms with van der Waals surface area (Å²) in [5.41, 5.74) is 4.64. The molecule has 0 bridgehead atoms. The fourth-order valence-electron chi connectivity index (χ4n) is 2.84. The predicted molar refractivity (Wildman–Crippen MR) is 93.7 cm³/mol. The number of nitrogens with zero attached hydrogens (tertiary/aromatic N) is 2. The molecular weight excluding hydrogens is 320 g/mol. The smallest absolute Gasteiger partial charge is 0.207 e. The molecule has 0 spiro atoms. The van der Waals surface area contributed by atoms with Crippen LogP contribution in [0.25, 0.3) is 5.57 Å². The summed E-state index contributed by atoms with van der Waals surface area (Å²) in [7, 11) is -3.50. The molecule has 0 saturated heterocycles. The summed E-state index contributed by atoms with van der Waals surface area (Å²) >= 11 is 0. The first-order chi connectivity index (χ1) is 11.4. The molecule has 4 nitrogen and oxygen atoms in total. The molecule has 1 aliphatic rings. The molecule has 0 aromatic heterocycles. The summed E-state index contributed by atoms with van der Waals surface area (Å²) in [6, 6.07) is 16.3. The number of benzene rings is 2. The molecular formula is C19H18N2O2S. The van der Waals surface area contributed by atoms with Crippen LogP contribution in [-0.4, -0.2) is 25.8 Å². The van der Waals surface area contributed by atoms with E-state index >= 15 is 0 Å². The van der Waals surface area contributed by atoms with Crippen LogP contribution in [0.4, 0.5) is 0 Å². The van der Waals surface area contributed by atoms with Gasteiger partial charge in [0.05, 0.1) is 16.5 Å². The molecule has 0 atom stereocenters. The van der Waals surface area contributed by atoms with E-state index in [2.05, 4.69) is 6.07 Å². The van der Waals surface area contributed by atoms with Gasteiger partial charge >= 0.3 is 0 Å². The molecule has 0 aliphatic carbocycles. The van der Waals surface area contributed by atoms with E-state index in [-0.39, 0.29) is 0 Å². The predicted octanol–water partition coefficient (Wildman–Crippen LogP) is 3.34. The van der Waals surface area contributed by atoms with Gasteiger partial charge in [-0.05, 0) is 49.2 Å². The summed E-state index contributed by atoms with van der Waals surface area (Å²) in [5.74, 6) is 0.